The molecule has 0 aliphatic rings. The highest BCUT2D eigenvalue weighted by Crippen LogP contribution is 2.20. The van der Waals surface area contributed by atoms with Gasteiger partial charge in [0.15, 0.2) is 0 Å². The first-order valence-electron chi connectivity index (χ1n) is 3.84. The van der Waals surface area contributed by atoms with Crippen molar-refractivity contribution in [3.05, 3.63) is 34.1 Å². The lowest BCUT2D eigenvalue weighted by Gasteiger charge is -2.06. The first-order chi connectivity index (χ1) is 6.19. The number of benzene rings is 1. The third kappa shape index (κ3) is 2.40. The maximum Gasteiger partial charge on any atom is 0.146 e. The van der Waals surface area contributed by atoms with Crippen LogP contribution in [0.3, 0.4) is 0 Å². The molecule has 0 aliphatic heterocycles. The van der Waals surface area contributed by atoms with Crippen LogP contribution in [0.5, 0.6) is 0 Å². The van der Waals surface area contributed by atoms with E-state index in [4.69, 9.17) is 22.1 Å². The minimum Gasteiger partial charge on any atom is -0.380 e. The summed E-state index contributed by atoms with van der Waals surface area (Å²) >= 11 is 5.65. The molecule has 0 atom stereocenters. The molecule has 0 heterocycles. The van der Waals surface area contributed by atoms with Gasteiger partial charge < -0.3 is 10.5 Å². The van der Waals surface area contributed by atoms with E-state index in [1.54, 1.807) is 19.2 Å². The first-order valence-corrected chi connectivity index (χ1v) is 4.22. The number of hydrogen-bond acceptors (Lipinski definition) is 2. The maximum absolute atomic E-state index is 13.2. The summed E-state index contributed by atoms with van der Waals surface area (Å²) in [6.45, 7) is 0.552. The molecule has 0 spiro atoms. The second-order valence-electron chi connectivity index (χ2n) is 2.69. The number of ether oxygens (including phenoxy) is 1. The average molecular weight is 204 g/mol. The van der Waals surface area contributed by atoms with Crippen molar-refractivity contribution in [2.75, 3.05) is 7.11 Å². The molecule has 0 amide bonds. The highest BCUT2D eigenvalue weighted by molar-refractivity contribution is 6.30. The topological polar surface area (TPSA) is 35.2 Å². The van der Waals surface area contributed by atoms with E-state index in [9.17, 15) is 4.39 Å². The Morgan fingerprint density at radius 1 is 1.54 bits per heavy atom. The van der Waals surface area contributed by atoms with Crippen molar-refractivity contribution in [1.82, 2.24) is 0 Å². The van der Waals surface area contributed by atoms with Gasteiger partial charge >= 0.3 is 0 Å². The summed E-state index contributed by atoms with van der Waals surface area (Å²) in [5, 5.41) is 0.0926. The molecule has 0 saturated heterocycles. The number of hydrogen-bond donors (Lipinski definition) is 1. The van der Waals surface area contributed by atoms with E-state index < -0.39 is 5.82 Å². The largest absolute Gasteiger partial charge is 0.380 e. The van der Waals surface area contributed by atoms with Gasteiger partial charge in [-0.2, -0.15) is 0 Å². The van der Waals surface area contributed by atoms with Crippen LogP contribution in [0.25, 0.3) is 0 Å². The Morgan fingerprint density at radius 3 is 2.77 bits per heavy atom. The molecule has 0 aliphatic carbocycles. The normalized spacial score (nSPS) is 10.5. The zero-order chi connectivity index (χ0) is 9.84. The molecule has 2 N–H and O–H groups in total. The summed E-state index contributed by atoms with van der Waals surface area (Å²) in [6, 6.07) is 3.20. The number of rotatable bonds is 3. The van der Waals surface area contributed by atoms with Crippen LogP contribution < -0.4 is 5.73 Å². The van der Waals surface area contributed by atoms with Gasteiger partial charge in [-0.1, -0.05) is 11.6 Å². The van der Waals surface area contributed by atoms with Crippen LogP contribution in [0.4, 0.5) is 4.39 Å². The average Bonchev–Trinajstić information content (AvgIpc) is 2.11. The summed E-state index contributed by atoms with van der Waals surface area (Å²) in [5.74, 6) is -0.441. The fourth-order valence-electron chi connectivity index (χ4n) is 1.11. The van der Waals surface area contributed by atoms with Crippen LogP contribution in [-0.2, 0) is 17.9 Å². The smallest absolute Gasteiger partial charge is 0.146 e. The molecule has 13 heavy (non-hydrogen) atoms. The molecule has 1 rings (SSSR count). The Bertz CT molecular complexity index is 304. The quantitative estimate of drug-likeness (QED) is 0.817. The molecule has 1 aromatic carbocycles. The van der Waals surface area contributed by atoms with Gasteiger partial charge in [0.25, 0.3) is 0 Å². The monoisotopic (exact) mass is 203 g/mol. The van der Waals surface area contributed by atoms with Gasteiger partial charge in [0.1, 0.15) is 5.82 Å². The number of halogens is 2. The highest BCUT2D eigenvalue weighted by atomic mass is 35.5. The number of methoxy groups -OCH3 is 1. The van der Waals surface area contributed by atoms with E-state index in [2.05, 4.69) is 0 Å². The van der Waals surface area contributed by atoms with Crippen LogP contribution in [0, 0.1) is 5.82 Å². The lowest BCUT2D eigenvalue weighted by Crippen LogP contribution is -2.02. The van der Waals surface area contributed by atoms with Gasteiger partial charge in [-0.3, -0.25) is 0 Å². The molecule has 0 unspecified atom stereocenters. The van der Waals surface area contributed by atoms with Gasteiger partial charge in [0.05, 0.1) is 11.6 Å². The third-order valence-corrected chi connectivity index (χ3v) is 1.97. The molecule has 1 aromatic rings. The molecule has 0 bridgehead atoms. The van der Waals surface area contributed by atoms with Crippen LogP contribution >= 0.6 is 11.6 Å². The Hall–Kier alpha value is -0.640. The predicted octanol–water partition coefficient (Wildman–Crippen LogP) is 2.08. The molecular weight excluding hydrogens is 193 g/mol. The van der Waals surface area contributed by atoms with Gasteiger partial charge in [-0.25, -0.2) is 4.39 Å². The van der Waals surface area contributed by atoms with Crippen molar-refractivity contribution in [1.29, 1.82) is 0 Å². The molecule has 0 radical (unpaired) electrons. The molecule has 72 valence electrons. The van der Waals surface area contributed by atoms with E-state index in [0.717, 1.165) is 5.56 Å². The standard InChI is InChI=1S/C9H11ClFNO/c1-13-5-6-2-7(4-12)9(11)8(10)3-6/h2-3H,4-5,12H2,1H3. The lowest BCUT2D eigenvalue weighted by atomic mass is 10.1. The van der Waals surface area contributed by atoms with Gasteiger partial charge in [0.2, 0.25) is 0 Å². The third-order valence-electron chi connectivity index (χ3n) is 1.69. The van der Waals surface area contributed by atoms with Crippen molar-refractivity contribution < 1.29 is 9.13 Å². The first kappa shape index (κ1) is 10.4. The van der Waals surface area contributed by atoms with Crippen molar-refractivity contribution in [3.63, 3.8) is 0 Å². The molecule has 0 fully saturated rings. The van der Waals surface area contributed by atoms with E-state index in [1.165, 1.54) is 0 Å². The van der Waals surface area contributed by atoms with Crippen molar-refractivity contribution in [2.24, 2.45) is 5.73 Å². The Balaban J connectivity index is 3.06. The van der Waals surface area contributed by atoms with Gasteiger partial charge in [0, 0.05) is 19.2 Å². The second kappa shape index (κ2) is 4.56. The minimum absolute atomic E-state index is 0.0926. The maximum atomic E-state index is 13.2. The minimum atomic E-state index is -0.441. The van der Waals surface area contributed by atoms with E-state index in [-0.39, 0.29) is 11.6 Å². The fraction of sp³-hybridized carbons (Fsp3) is 0.333. The highest BCUT2D eigenvalue weighted by Gasteiger charge is 2.07. The van der Waals surface area contributed by atoms with E-state index in [0.29, 0.717) is 12.2 Å². The van der Waals surface area contributed by atoms with Crippen LogP contribution in [-0.4, -0.2) is 7.11 Å². The summed E-state index contributed by atoms with van der Waals surface area (Å²) < 4.78 is 18.1. The van der Waals surface area contributed by atoms with Crippen LogP contribution in [0.1, 0.15) is 11.1 Å². The van der Waals surface area contributed by atoms with E-state index >= 15 is 0 Å². The molecule has 0 aromatic heterocycles. The zero-order valence-electron chi connectivity index (χ0n) is 7.31. The van der Waals surface area contributed by atoms with Crippen molar-refractivity contribution in [3.8, 4) is 0 Å². The Kier molecular flexibility index (Phi) is 3.66. The predicted molar refractivity (Wildman–Crippen MR) is 50.0 cm³/mol. The van der Waals surface area contributed by atoms with Crippen LogP contribution in [0.2, 0.25) is 5.02 Å². The Morgan fingerprint density at radius 2 is 2.23 bits per heavy atom. The summed E-state index contributed by atoms with van der Waals surface area (Å²) in [7, 11) is 1.57. The summed E-state index contributed by atoms with van der Waals surface area (Å²) in [4.78, 5) is 0. The SMILES string of the molecule is COCc1cc(Cl)c(F)c(CN)c1. The van der Waals surface area contributed by atoms with Crippen LogP contribution in [0.15, 0.2) is 12.1 Å². The van der Waals surface area contributed by atoms with Crippen molar-refractivity contribution >= 4 is 11.6 Å². The molecule has 4 heteroatoms. The summed E-state index contributed by atoms with van der Waals surface area (Å²) in [5.41, 5.74) is 6.59. The lowest BCUT2D eigenvalue weighted by molar-refractivity contribution is 0.185. The molecule has 0 saturated carbocycles. The second-order valence-corrected chi connectivity index (χ2v) is 3.10. The van der Waals surface area contributed by atoms with Crippen molar-refractivity contribution in [2.45, 2.75) is 13.2 Å². The fourth-order valence-corrected chi connectivity index (χ4v) is 1.37. The zero-order valence-corrected chi connectivity index (χ0v) is 8.07. The number of nitrogens with two attached hydrogens (primary N) is 1. The van der Waals surface area contributed by atoms with Gasteiger partial charge in [-0.05, 0) is 17.7 Å². The van der Waals surface area contributed by atoms with E-state index in [1.807, 2.05) is 0 Å². The molecular formula is C9H11ClFNO. The Labute approximate surface area is 81.4 Å². The molecule has 2 nitrogen and oxygen atoms in total. The summed E-state index contributed by atoms with van der Waals surface area (Å²) in [6.07, 6.45) is 0. The van der Waals surface area contributed by atoms with Gasteiger partial charge in [-0.15, -0.1) is 0 Å².